The molecule has 22 heavy (non-hydrogen) atoms. The first-order chi connectivity index (χ1) is 10.6. The SMILES string of the molecule is Cc1cccc(C)c1NC(=O)N1CC(CO)c2ccccc21. The van der Waals surface area contributed by atoms with Crippen molar-refractivity contribution in [2.75, 3.05) is 23.4 Å². The largest absolute Gasteiger partial charge is 0.396 e. The highest BCUT2D eigenvalue weighted by molar-refractivity contribution is 6.04. The van der Waals surface area contributed by atoms with Gasteiger partial charge in [0.05, 0.1) is 6.61 Å². The van der Waals surface area contributed by atoms with Crippen LogP contribution in [0.3, 0.4) is 0 Å². The third kappa shape index (κ3) is 2.46. The number of hydrogen-bond acceptors (Lipinski definition) is 2. The quantitative estimate of drug-likeness (QED) is 0.892. The number of hydrogen-bond donors (Lipinski definition) is 2. The van der Waals surface area contributed by atoms with Crippen molar-refractivity contribution in [3.8, 4) is 0 Å². The fourth-order valence-corrected chi connectivity index (χ4v) is 3.03. The lowest BCUT2D eigenvalue weighted by molar-refractivity contribution is 0.253. The van der Waals surface area contributed by atoms with Crippen LogP contribution in [0.25, 0.3) is 0 Å². The van der Waals surface area contributed by atoms with Crippen molar-refractivity contribution < 1.29 is 9.90 Å². The minimum absolute atomic E-state index is 0.0140. The van der Waals surface area contributed by atoms with E-state index in [-0.39, 0.29) is 18.6 Å². The van der Waals surface area contributed by atoms with Crippen molar-refractivity contribution in [1.82, 2.24) is 0 Å². The zero-order chi connectivity index (χ0) is 15.7. The summed E-state index contributed by atoms with van der Waals surface area (Å²) in [5.74, 6) is -0.0140. The summed E-state index contributed by atoms with van der Waals surface area (Å²) in [4.78, 5) is 14.4. The second-order valence-corrected chi connectivity index (χ2v) is 5.75. The molecule has 0 aromatic heterocycles. The summed E-state index contributed by atoms with van der Waals surface area (Å²) in [7, 11) is 0. The predicted octanol–water partition coefficient (Wildman–Crippen LogP) is 3.43. The lowest BCUT2D eigenvalue weighted by Gasteiger charge is -2.20. The number of carbonyl (C=O) groups is 1. The second-order valence-electron chi connectivity index (χ2n) is 5.75. The van der Waals surface area contributed by atoms with E-state index < -0.39 is 0 Å². The normalized spacial score (nSPS) is 16.5. The number of anilines is 2. The Kier molecular flexibility index (Phi) is 3.86. The first-order valence-electron chi connectivity index (χ1n) is 7.46. The van der Waals surface area contributed by atoms with Crippen LogP contribution in [0.15, 0.2) is 42.5 Å². The average Bonchev–Trinajstić information content (AvgIpc) is 2.90. The number of benzene rings is 2. The molecular formula is C18H20N2O2. The molecule has 0 saturated carbocycles. The van der Waals surface area contributed by atoms with E-state index in [1.165, 1.54) is 0 Å². The highest BCUT2D eigenvalue weighted by Crippen LogP contribution is 2.36. The van der Waals surface area contributed by atoms with Gasteiger partial charge in [0.1, 0.15) is 0 Å². The fourth-order valence-electron chi connectivity index (χ4n) is 3.03. The first-order valence-corrected chi connectivity index (χ1v) is 7.46. The summed E-state index contributed by atoms with van der Waals surface area (Å²) in [5.41, 5.74) is 4.85. The van der Waals surface area contributed by atoms with Gasteiger partial charge in [-0.3, -0.25) is 4.90 Å². The van der Waals surface area contributed by atoms with Gasteiger partial charge in [-0.15, -0.1) is 0 Å². The van der Waals surface area contributed by atoms with Crippen molar-refractivity contribution in [3.05, 3.63) is 59.2 Å². The molecule has 4 heteroatoms. The molecule has 1 atom stereocenters. The van der Waals surface area contributed by atoms with Crippen LogP contribution in [0.4, 0.5) is 16.2 Å². The molecular weight excluding hydrogens is 276 g/mol. The number of fused-ring (bicyclic) bond motifs is 1. The molecule has 1 heterocycles. The number of nitrogens with one attached hydrogen (secondary N) is 1. The number of amides is 2. The van der Waals surface area contributed by atoms with Crippen LogP contribution < -0.4 is 10.2 Å². The Morgan fingerprint density at radius 1 is 1.18 bits per heavy atom. The van der Waals surface area contributed by atoms with E-state index in [4.69, 9.17) is 0 Å². The smallest absolute Gasteiger partial charge is 0.326 e. The van der Waals surface area contributed by atoms with E-state index in [9.17, 15) is 9.90 Å². The van der Waals surface area contributed by atoms with E-state index in [0.717, 1.165) is 28.1 Å². The van der Waals surface area contributed by atoms with Crippen molar-refractivity contribution in [3.63, 3.8) is 0 Å². The van der Waals surface area contributed by atoms with Gasteiger partial charge in [0.25, 0.3) is 0 Å². The van der Waals surface area contributed by atoms with Crippen LogP contribution in [-0.2, 0) is 0 Å². The van der Waals surface area contributed by atoms with Crippen molar-refractivity contribution in [1.29, 1.82) is 0 Å². The summed E-state index contributed by atoms with van der Waals surface area (Å²) in [6.45, 7) is 4.52. The lowest BCUT2D eigenvalue weighted by Crippen LogP contribution is -2.34. The molecule has 114 valence electrons. The van der Waals surface area contributed by atoms with Gasteiger partial charge in [0.15, 0.2) is 0 Å². The molecule has 0 radical (unpaired) electrons. The number of aryl methyl sites for hydroxylation is 2. The number of nitrogens with zero attached hydrogens (tertiary/aromatic N) is 1. The molecule has 0 saturated heterocycles. The van der Waals surface area contributed by atoms with Crippen LogP contribution in [0.2, 0.25) is 0 Å². The molecule has 0 fully saturated rings. The molecule has 1 unspecified atom stereocenters. The van der Waals surface area contributed by atoms with Crippen LogP contribution in [0, 0.1) is 13.8 Å². The van der Waals surface area contributed by atoms with E-state index >= 15 is 0 Å². The first kappa shape index (κ1) is 14.6. The van der Waals surface area contributed by atoms with Gasteiger partial charge in [0.2, 0.25) is 0 Å². The van der Waals surface area contributed by atoms with Gasteiger partial charge in [-0.05, 0) is 36.6 Å². The number of urea groups is 1. The minimum Gasteiger partial charge on any atom is -0.396 e. The third-order valence-corrected chi connectivity index (χ3v) is 4.25. The molecule has 0 aliphatic carbocycles. The van der Waals surface area contributed by atoms with Gasteiger partial charge in [-0.25, -0.2) is 4.79 Å². The van der Waals surface area contributed by atoms with Crippen molar-refractivity contribution in [2.24, 2.45) is 0 Å². The number of aliphatic hydroxyl groups excluding tert-OH is 1. The van der Waals surface area contributed by atoms with Gasteiger partial charge in [-0.2, -0.15) is 0 Å². The zero-order valence-corrected chi connectivity index (χ0v) is 12.8. The summed E-state index contributed by atoms with van der Waals surface area (Å²) in [6, 6.07) is 13.5. The molecule has 3 rings (SSSR count). The zero-order valence-electron chi connectivity index (χ0n) is 12.8. The number of carbonyl (C=O) groups excluding carboxylic acids is 1. The van der Waals surface area contributed by atoms with Gasteiger partial charge in [-0.1, -0.05) is 36.4 Å². The predicted molar refractivity (Wildman–Crippen MR) is 88.5 cm³/mol. The maximum atomic E-state index is 12.7. The summed E-state index contributed by atoms with van der Waals surface area (Å²) in [6.07, 6.45) is 0. The maximum absolute atomic E-state index is 12.7. The molecule has 0 spiro atoms. The molecule has 4 nitrogen and oxygen atoms in total. The number of aliphatic hydroxyl groups is 1. The van der Waals surface area contributed by atoms with Crippen LogP contribution in [0.5, 0.6) is 0 Å². The topological polar surface area (TPSA) is 52.6 Å². The van der Waals surface area contributed by atoms with Crippen LogP contribution >= 0.6 is 0 Å². The lowest BCUT2D eigenvalue weighted by atomic mass is 10.0. The van der Waals surface area contributed by atoms with Gasteiger partial charge in [0, 0.05) is 23.8 Å². The van der Waals surface area contributed by atoms with Gasteiger partial charge < -0.3 is 10.4 Å². The summed E-state index contributed by atoms with van der Waals surface area (Å²) < 4.78 is 0. The van der Waals surface area contributed by atoms with E-state index in [1.807, 2.05) is 56.3 Å². The van der Waals surface area contributed by atoms with E-state index in [2.05, 4.69) is 5.32 Å². The molecule has 2 amide bonds. The molecule has 2 aromatic carbocycles. The van der Waals surface area contributed by atoms with Gasteiger partial charge >= 0.3 is 6.03 Å². The maximum Gasteiger partial charge on any atom is 0.326 e. The monoisotopic (exact) mass is 296 g/mol. The Hall–Kier alpha value is -2.33. The molecule has 2 aromatic rings. The van der Waals surface area contributed by atoms with Crippen molar-refractivity contribution in [2.45, 2.75) is 19.8 Å². The molecule has 1 aliphatic heterocycles. The number of rotatable bonds is 2. The Labute approximate surface area is 130 Å². The highest BCUT2D eigenvalue weighted by atomic mass is 16.3. The molecule has 2 N–H and O–H groups in total. The van der Waals surface area contributed by atoms with E-state index in [0.29, 0.717) is 6.54 Å². The molecule has 1 aliphatic rings. The highest BCUT2D eigenvalue weighted by Gasteiger charge is 2.31. The average molecular weight is 296 g/mol. The van der Waals surface area contributed by atoms with E-state index in [1.54, 1.807) is 4.90 Å². The summed E-state index contributed by atoms with van der Waals surface area (Å²) >= 11 is 0. The van der Waals surface area contributed by atoms with Crippen molar-refractivity contribution >= 4 is 17.4 Å². The Morgan fingerprint density at radius 3 is 2.55 bits per heavy atom. The van der Waals surface area contributed by atoms with Crippen LogP contribution in [-0.4, -0.2) is 24.3 Å². The second kappa shape index (κ2) is 5.81. The molecule has 0 bridgehead atoms. The Morgan fingerprint density at radius 2 is 1.86 bits per heavy atom. The standard InChI is InChI=1S/C18H20N2O2/c1-12-6-5-7-13(2)17(12)19-18(22)20-10-14(11-21)15-8-3-4-9-16(15)20/h3-9,14,21H,10-11H2,1-2H3,(H,19,22). The third-order valence-electron chi connectivity index (χ3n) is 4.25. The van der Waals surface area contributed by atoms with Crippen LogP contribution in [0.1, 0.15) is 22.6 Å². The fraction of sp³-hybridized carbons (Fsp3) is 0.278. The minimum atomic E-state index is -0.152. The Balaban J connectivity index is 1.88. The number of para-hydroxylation sites is 2. The Bertz CT molecular complexity index is 692. The summed E-state index contributed by atoms with van der Waals surface area (Å²) in [5, 5.41) is 12.5.